The lowest BCUT2D eigenvalue weighted by Crippen LogP contribution is -2.51. The summed E-state index contributed by atoms with van der Waals surface area (Å²) in [6, 6.07) is 18.5. The van der Waals surface area contributed by atoms with Gasteiger partial charge in [-0.05, 0) is 79.6 Å². The predicted octanol–water partition coefficient (Wildman–Crippen LogP) is 1.80. The Morgan fingerprint density at radius 3 is 1.92 bits per heavy atom. The van der Waals surface area contributed by atoms with Crippen LogP contribution < -0.4 is 27.6 Å². The molecule has 39 heavy (non-hydrogen) atoms. The summed E-state index contributed by atoms with van der Waals surface area (Å²) in [6.07, 6.45) is -0.822. The quantitative estimate of drug-likeness (QED) is 0.100. The zero-order valence-electron chi connectivity index (χ0n) is 20.6. The molecule has 0 heterocycles. The maximum absolute atomic E-state index is 12.4. The van der Waals surface area contributed by atoms with E-state index in [4.69, 9.17) is 16.7 Å². The summed E-state index contributed by atoms with van der Waals surface area (Å²) in [5.41, 5.74) is 16.9. The molecule has 10 heteroatoms. The molecule has 3 aromatic rings. The average Bonchev–Trinajstić information content (AvgIpc) is 2.92. The minimum atomic E-state index is -1.31. The number of anilines is 2. The summed E-state index contributed by atoms with van der Waals surface area (Å²) in [6.45, 7) is 1.32. The van der Waals surface area contributed by atoms with Crippen LogP contribution in [0.3, 0.4) is 0 Å². The second-order valence-electron chi connectivity index (χ2n) is 8.61. The van der Waals surface area contributed by atoms with Crippen molar-refractivity contribution < 1.29 is 24.7 Å². The number of hydroxylamine groups is 1. The molecule has 0 fully saturated rings. The molecular formula is C29H33N5O5. The van der Waals surface area contributed by atoms with Gasteiger partial charge in [0.05, 0.1) is 12.1 Å². The van der Waals surface area contributed by atoms with Crippen molar-refractivity contribution in [3.63, 3.8) is 0 Å². The Bertz CT molecular complexity index is 1330. The van der Waals surface area contributed by atoms with E-state index in [1.165, 1.54) is 24.5 Å². The summed E-state index contributed by atoms with van der Waals surface area (Å²) < 4.78 is 0. The van der Waals surface area contributed by atoms with Crippen LogP contribution >= 0.6 is 0 Å². The Morgan fingerprint density at radius 1 is 0.872 bits per heavy atom. The standard InChI is InChI=1S/C28H29N5O5.CH4/c1-17(34)25(28(37)33-38)32-26(35)21-10-4-18(5-11-21)2-3-19-8-14-23(15-9-19)31-27(36)24(30)16-20-6-12-22(29)13-7-20;/h4-15,17,24-25,34,38H,16,29-30H2,1H3,(H,31,36)(H,32,35)(H,33,37);1H4/t17-,24+,25+;/m1./s1. The van der Waals surface area contributed by atoms with E-state index in [-0.39, 0.29) is 18.9 Å². The van der Waals surface area contributed by atoms with Gasteiger partial charge in [0.2, 0.25) is 5.91 Å². The summed E-state index contributed by atoms with van der Waals surface area (Å²) in [7, 11) is 0. The first kappa shape index (κ1) is 30.5. The van der Waals surface area contributed by atoms with E-state index in [9.17, 15) is 19.5 Å². The highest BCUT2D eigenvalue weighted by Crippen LogP contribution is 2.12. The second-order valence-corrected chi connectivity index (χ2v) is 8.61. The van der Waals surface area contributed by atoms with E-state index >= 15 is 0 Å². The second kappa shape index (κ2) is 14.3. The lowest BCUT2D eigenvalue weighted by Gasteiger charge is -2.19. The number of nitrogen functional groups attached to an aromatic ring is 1. The van der Waals surface area contributed by atoms with Gasteiger partial charge in [-0.25, -0.2) is 5.48 Å². The van der Waals surface area contributed by atoms with E-state index in [2.05, 4.69) is 22.5 Å². The third-order valence-electron chi connectivity index (χ3n) is 5.58. The summed E-state index contributed by atoms with van der Waals surface area (Å²) in [4.78, 5) is 36.4. The topological polar surface area (TPSA) is 180 Å². The molecule has 3 aromatic carbocycles. The van der Waals surface area contributed by atoms with Gasteiger partial charge < -0.3 is 27.2 Å². The third kappa shape index (κ3) is 8.98. The van der Waals surface area contributed by atoms with Crippen molar-refractivity contribution in [2.75, 3.05) is 11.1 Å². The first-order valence-electron chi connectivity index (χ1n) is 11.7. The van der Waals surface area contributed by atoms with Gasteiger partial charge in [0.15, 0.2) is 0 Å². The van der Waals surface area contributed by atoms with Crippen LogP contribution in [-0.4, -0.2) is 46.2 Å². The Hall–Kier alpha value is -4.69. The maximum Gasteiger partial charge on any atom is 0.268 e. The van der Waals surface area contributed by atoms with E-state index in [1.807, 2.05) is 12.1 Å². The fourth-order valence-corrected chi connectivity index (χ4v) is 3.42. The van der Waals surface area contributed by atoms with Gasteiger partial charge in [-0.1, -0.05) is 31.4 Å². The molecule has 0 aliphatic heterocycles. The molecule has 3 rings (SSSR count). The predicted molar refractivity (Wildman–Crippen MR) is 150 cm³/mol. The molecule has 3 atom stereocenters. The molecule has 3 amide bonds. The number of aliphatic hydroxyl groups excluding tert-OH is 1. The molecule has 0 radical (unpaired) electrons. The first-order chi connectivity index (χ1) is 18.2. The summed E-state index contributed by atoms with van der Waals surface area (Å²) in [5, 5.41) is 23.6. The lowest BCUT2D eigenvalue weighted by molar-refractivity contribution is -0.133. The average molecular weight is 532 g/mol. The molecule has 10 nitrogen and oxygen atoms in total. The molecule has 0 aromatic heterocycles. The number of carbonyl (C=O) groups is 3. The Balaban J connectivity index is 0.00000533. The molecule has 9 N–H and O–H groups in total. The Morgan fingerprint density at radius 2 is 1.41 bits per heavy atom. The van der Waals surface area contributed by atoms with Gasteiger partial charge in [-0.15, -0.1) is 0 Å². The number of hydrogen-bond donors (Lipinski definition) is 7. The minimum Gasteiger partial charge on any atom is -0.399 e. The van der Waals surface area contributed by atoms with Crippen molar-refractivity contribution in [1.82, 2.24) is 10.8 Å². The fraction of sp³-hybridized carbons (Fsp3) is 0.207. The van der Waals surface area contributed by atoms with Gasteiger partial charge in [0, 0.05) is 28.1 Å². The monoisotopic (exact) mass is 531 g/mol. The minimum absolute atomic E-state index is 0. The van der Waals surface area contributed by atoms with E-state index < -0.39 is 30.0 Å². The van der Waals surface area contributed by atoms with Crippen molar-refractivity contribution in [1.29, 1.82) is 0 Å². The van der Waals surface area contributed by atoms with E-state index in [0.717, 1.165) is 5.56 Å². The van der Waals surface area contributed by atoms with Gasteiger partial charge in [-0.3, -0.25) is 19.6 Å². The van der Waals surface area contributed by atoms with Crippen molar-refractivity contribution in [2.24, 2.45) is 5.73 Å². The fourth-order valence-electron chi connectivity index (χ4n) is 3.42. The van der Waals surface area contributed by atoms with Crippen LogP contribution in [0.25, 0.3) is 0 Å². The molecule has 0 saturated heterocycles. The van der Waals surface area contributed by atoms with Gasteiger partial charge in [-0.2, -0.15) is 0 Å². The zero-order valence-corrected chi connectivity index (χ0v) is 20.6. The molecule has 0 unspecified atom stereocenters. The van der Waals surface area contributed by atoms with Gasteiger partial charge in [0.1, 0.15) is 6.04 Å². The number of nitrogens with one attached hydrogen (secondary N) is 3. The smallest absolute Gasteiger partial charge is 0.268 e. The van der Waals surface area contributed by atoms with Crippen LogP contribution in [-0.2, 0) is 16.0 Å². The van der Waals surface area contributed by atoms with Gasteiger partial charge in [0.25, 0.3) is 11.8 Å². The van der Waals surface area contributed by atoms with E-state index in [0.29, 0.717) is 28.9 Å². The van der Waals surface area contributed by atoms with Crippen LogP contribution in [0.15, 0.2) is 72.8 Å². The molecule has 0 saturated carbocycles. The molecule has 0 spiro atoms. The zero-order chi connectivity index (χ0) is 27.7. The van der Waals surface area contributed by atoms with Crippen LogP contribution in [0.5, 0.6) is 0 Å². The maximum atomic E-state index is 12.4. The van der Waals surface area contributed by atoms with Crippen molar-refractivity contribution in [3.05, 3.63) is 95.1 Å². The molecular weight excluding hydrogens is 498 g/mol. The normalized spacial score (nSPS) is 12.4. The Labute approximate surface area is 227 Å². The highest BCUT2D eigenvalue weighted by atomic mass is 16.5. The largest absolute Gasteiger partial charge is 0.399 e. The molecule has 0 aliphatic rings. The third-order valence-corrected chi connectivity index (χ3v) is 5.58. The highest BCUT2D eigenvalue weighted by molar-refractivity contribution is 5.97. The number of rotatable bonds is 8. The van der Waals surface area contributed by atoms with Crippen molar-refractivity contribution in [2.45, 2.75) is 39.0 Å². The lowest BCUT2D eigenvalue weighted by atomic mass is 10.1. The number of carbonyl (C=O) groups excluding carboxylic acids is 3. The number of nitrogens with two attached hydrogens (primary N) is 2. The number of hydrogen-bond acceptors (Lipinski definition) is 7. The number of amides is 3. The summed E-state index contributed by atoms with van der Waals surface area (Å²) in [5.74, 6) is 4.17. The first-order valence-corrected chi connectivity index (χ1v) is 11.7. The molecule has 0 aliphatic carbocycles. The van der Waals surface area contributed by atoms with Gasteiger partial charge >= 0.3 is 0 Å². The Kier molecular flexibility index (Phi) is 11.2. The SMILES string of the molecule is C.C[C@@H](O)[C@H](NC(=O)c1ccc(C#Cc2ccc(NC(=O)[C@@H](N)Cc3ccc(N)cc3)cc2)cc1)C(=O)NO. The van der Waals surface area contributed by atoms with Crippen LogP contribution in [0.1, 0.15) is 41.4 Å². The van der Waals surface area contributed by atoms with Crippen LogP contribution in [0.2, 0.25) is 0 Å². The number of benzene rings is 3. The van der Waals surface area contributed by atoms with Crippen molar-refractivity contribution >= 4 is 29.1 Å². The molecule has 204 valence electrons. The van der Waals surface area contributed by atoms with Crippen LogP contribution in [0.4, 0.5) is 11.4 Å². The van der Waals surface area contributed by atoms with Crippen molar-refractivity contribution in [3.8, 4) is 11.8 Å². The van der Waals surface area contributed by atoms with E-state index in [1.54, 1.807) is 48.5 Å². The summed E-state index contributed by atoms with van der Waals surface area (Å²) >= 11 is 0. The highest BCUT2D eigenvalue weighted by Gasteiger charge is 2.25. The number of aliphatic hydroxyl groups is 1. The molecule has 0 bridgehead atoms. The van der Waals surface area contributed by atoms with Crippen LogP contribution in [0, 0.1) is 11.8 Å².